The Morgan fingerprint density at radius 2 is 1.94 bits per heavy atom. The van der Waals surface area contributed by atoms with Gasteiger partial charge in [0.1, 0.15) is 5.75 Å². The number of carbonyl (C=O) groups is 1. The molecule has 1 N–H and O–H groups in total. The lowest BCUT2D eigenvalue weighted by atomic mass is 10.0. The van der Waals surface area contributed by atoms with Crippen molar-refractivity contribution in [1.82, 2.24) is 5.32 Å². The van der Waals surface area contributed by atoms with E-state index in [-0.39, 0.29) is 24.3 Å². The second-order valence-corrected chi connectivity index (χ2v) is 6.25. The van der Waals surface area contributed by atoms with E-state index in [4.69, 9.17) is 0 Å². The number of esters is 1. The Balaban J connectivity index is 4.46. The van der Waals surface area contributed by atoms with Crippen LogP contribution in [0.4, 0.5) is 0 Å². The van der Waals surface area contributed by atoms with Crippen LogP contribution in [0.2, 0.25) is 0 Å². The molecule has 0 aliphatic heterocycles. The van der Waals surface area contributed by atoms with E-state index in [1.54, 1.807) is 14.0 Å². The normalized spacial score (nSPS) is 15.3. The molecule has 0 amide bonds. The van der Waals surface area contributed by atoms with Crippen LogP contribution in [0, 0.1) is 5.92 Å². The van der Waals surface area contributed by atoms with E-state index in [1.165, 1.54) is 0 Å². The molecular formula is C11H23NO4S. The Morgan fingerprint density at radius 3 is 2.35 bits per heavy atom. The number of hydrogen-bond acceptors (Lipinski definition) is 5. The average molecular weight is 265 g/mol. The van der Waals surface area contributed by atoms with Crippen LogP contribution in [-0.4, -0.2) is 45.6 Å². The van der Waals surface area contributed by atoms with Crippen molar-refractivity contribution in [3.8, 4) is 0 Å². The van der Waals surface area contributed by atoms with Gasteiger partial charge in [-0.25, -0.2) is 8.42 Å². The number of nitrogens with one attached hydrogen (secondary N) is 1. The molecule has 17 heavy (non-hydrogen) atoms. The molecular weight excluding hydrogens is 242 g/mol. The van der Waals surface area contributed by atoms with Crippen molar-refractivity contribution in [2.45, 2.75) is 33.2 Å². The van der Waals surface area contributed by atoms with Crippen LogP contribution in [0.3, 0.4) is 0 Å². The molecule has 0 fully saturated rings. The predicted molar refractivity (Wildman–Crippen MR) is 67.6 cm³/mol. The number of carbonyl (C=O) groups excluding carboxylic acids is 1. The summed E-state index contributed by atoms with van der Waals surface area (Å²) in [6.45, 7) is 5.85. The van der Waals surface area contributed by atoms with Crippen LogP contribution in [-0.2, 0) is 19.4 Å². The van der Waals surface area contributed by atoms with Crippen LogP contribution in [0.15, 0.2) is 0 Å². The van der Waals surface area contributed by atoms with Crippen molar-refractivity contribution in [2.24, 2.45) is 5.92 Å². The molecule has 0 radical (unpaired) electrons. The van der Waals surface area contributed by atoms with E-state index < -0.39 is 21.6 Å². The molecule has 5 nitrogen and oxygen atoms in total. The summed E-state index contributed by atoms with van der Waals surface area (Å²) in [5.41, 5.74) is 0. The second kappa shape index (κ2) is 7.66. The largest absolute Gasteiger partial charge is 0.465 e. The number of rotatable bonds is 8. The van der Waals surface area contributed by atoms with Crippen molar-refractivity contribution in [2.75, 3.05) is 25.2 Å². The fraction of sp³-hybridized carbons (Fsp3) is 0.909. The molecule has 0 saturated carbocycles. The van der Waals surface area contributed by atoms with E-state index in [9.17, 15) is 13.2 Å². The Bertz CT molecular complexity index is 326. The van der Waals surface area contributed by atoms with Gasteiger partial charge in [-0.1, -0.05) is 20.3 Å². The molecule has 0 aromatic rings. The van der Waals surface area contributed by atoms with Gasteiger partial charge in [0.2, 0.25) is 0 Å². The summed E-state index contributed by atoms with van der Waals surface area (Å²) >= 11 is 0. The highest BCUT2D eigenvalue weighted by Gasteiger charge is 2.24. The zero-order chi connectivity index (χ0) is 13.5. The van der Waals surface area contributed by atoms with Crippen LogP contribution in [0.5, 0.6) is 0 Å². The van der Waals surface area contributed by atoms with Gasteiger partial charge < -0.3 is 10.1 Å². The van der Waals surface area contributed by atoms with E-state index in [2.05, 4.69) is 10.1 Å². The first-order chi connectivity index (χ1) is 7.86. The topological polar surface area (TPSA) is 72.5 Å². The van der Waals surface area contributed by atoms with Gasteiger partial charge in [-0.05, 0) is 19.9 Å². The van der Waals surface area contributed by atoms with E-state index >= 15 is 0 Å². The molecule has 0 aliphatic carbocycles. The average Bonchev–Trinajstić information content (AvgIpc) is 2.24. The molecule has 0 bridgehead atoms. The fourth-order valence-electron chi connectivity index (χ4n) is 1.53. The quantitative estimate of drug-likeness (QED) is 0.651. The number of sulfone groups is 1. The van der Waals surface area contributed by atoms with E-state index in [0.717, 1.165) is 6.42 Å². The minimum Gasteiger partial charge on any atom is -0.465 e. The van der Waals surface area contributed by atoms with E-state index in [1.807, 2.05) is 13.8 Å². The van der Waals surface area contributed by atoms with Gasteiger partial charge in [-0.15, -0.1) is 0 Å². The standard InChI is InChI=1S/C11H23NO4S/c1-5-9(3)10(12-4)7-17(14,15)8-11(13)16-6-2/h9-10,12H,5-8H2,1-4H3. The summed E-state index contributed by atoms with van der Waals surface area (Å²) in [6, 6.07) is -0.126. The molecule has 2 atom stereocenters. The van der Waals surface area contributed by atoms with Crippen molar-refractivity contribution in [3.05, 3.63) is 0 Å². The van der Waals surface area contributed by atoms with Gasteiger partial charge in [0.15, 0.2) is 9.84 Å². The van der Waals surface area contributed by atoms with Crippen LogP contribution in [0.25, 0.3) is 0 Å². The van der Waals surface area contributed by atoms with Gasteiger partial charge in [-0.3, -0.25) is 4.79 Å². The van der Waals surface area contributed by atoms with Crippen molar-refractivity contribution in [3.63, 3.8) is 0 Å². The predicted octanol–water partition coefficient (Wildman–Crippen LogP) is 0.598. The van der Waals surface area contributed by atoms with Crippen LogP contribution in [0.1, 0.15) is 27.2 Å². The molecule has 0 spiro atoms. The summed E-state index contributed by atoms with van der Waals surface area (Å²) in [5, 5.41) is 2.98. The first-order valence-corrected chi connectivity index (χ1v) is 7.71. The number of ether oxygens (including phenoxy) is 1. The third-order valence-electron chi connectivity index (χ3n) is 2.78. The van der Waals surface area contributed by atoms with E-state index in [0.29, 0.717) is 0 Å². The highest BCUT2D eigenvalue weighted by atomic mass is 32.2. The maximum absolute atomic E-state index is 11.8. The molecule has 102 valence electrons. The summed E-state index contributed by atoms with van der Waals surface area (Å²) in [7, 11) is -1.67. The smallest absolute Gasteiger partial charge is 0.321 e. The maximum Gasteiger partial charge on any atom is 0.321 e. The lowest BCUT2D eigenvalue weighted by Gasteiger charge is -2.21. The molecule has 0 rings (SSSR count). The second-order valence-electron chi connectivity index (χ2n) is 4.14. The van der Waals surface area contributed by atoms with Gasteiger partial charge in [0.25, 0.3) is 0 Å². The molecule has 0 aliphatic rings. The Kier molecular flexibility index (Phi) is 7.38. The molecule has 6 heteroatoms. The Labute approximate surface area is 104 Å². The lowest BCUT2D eigenvalue weighted by molar-refractivity contribution is -0.139. The van der Waals surface area contributed by atoms with Gasteiger partial charge in [0, 0.05) is 6.04 Å². The van der Waals surface area contributed by atoms with Crippen molar-refractivity contribution >= 4 is 15.8 Å². The summed E-state index contributed by atoms with van der Waals surface area (Å²) < 4.78 is 28.2. The summed E-state index contributed by atoms with van der Waals surface area (Å²) in [6.07, 6.45) is 0.889. The zero-order valence-electron chi connectivity index (χ0n) is 11.0. The zero-order valence-corrected chi connectivity index (χ0v) is 11.8. The maximum atomic E-state index is 11.8. The van der Waals surface area contributed by atoms with Crippen molar-refractivity contribution in [1.29, 1.82) is 0 Å². The van der Waals surface area contributed by atoms with Gasteiger partial charge >= 0.3 is 5.97 Å². The minimum atomic E-state index is -3.41. The SMILES string of the molecule is CCOC(=O)CS(=O)(=O)CC(NC)C(C)CC. The molecule has 0 heterocycles. The van der Waals surface area contributed by atoms with Crippen molar-refractivity contribution < 1.29 is 17.9 Å². The third kappa shape index (κ3) is 6.63. The van der Waals surface area contributed by atoms with Gasteiger partial charge in [-0.2, -0.15) is 0 Å². The third-order valence-corrected chi connectivity index (χ3v) is 4.32. The monoisotopic (exact) mass is 265 g/mol. The van der Waals surface area contributed by atoms with Gasteiger partial charge in [0.05, 0.1) is 12.4 Å². The molecule has 0 saturated heterocycles. The van der Waals surface area contributed by atoms with Crippen LogP contribution >= 0.6 is 0 Å². The highest BCUT2D eigenvalue weighted by molar-refractivity contribution is 7.92. The summed E-state index contributed by atoms with van der Waals surface area (Å²) in [4.78, 5) is 11.1. The highest BCUT2D eigenvalue weighted by Crippen LogP contribution is 2.10. The lowest BCUT2D eigenvalue weighted by Crippen LogP contribution is -2.40. The number of hydrogen-bond donors (Lipinski definition) is 1. The molecule has 0 aromatic carbocycles. The van der Waals surface area contributed by atoms with Crippen LogP contribution < -0.4 is 5.32 Å². The Morgan fingerprint density at radius 1 is 1.35 bits per heavy atom. The minimum absolute atomic E-state index is 0.0304. The Hall–Kier alpha value is -0.620. The fourth-order valence-corrected chi connectivity index (χ4v) is 3.13. The summed E-state index contributed by atoms with van der Waals surface area (Å²) in [5.74, 6) is -0.990. The first-order valence-electron chi connectivity index (χ1n) is 5.89. The first kappa shape index (κ1) is 16.4. The molecule has 2 unspecified atom stereocenters. The molecule has 0 aromatic heterocycles.